The molecule has 0 aliphatic carbocycles. The molecule has 0 saturated carbocycles. The molecule has 1 aliphatic rings. The Morgan fingerprint density at radius 3 is 1.75 bits per heavy atom. The predicted octanol–water partition coefficient (Wildman–Crippen LogP) is 4.68. The molecule has 0 amide bonds. The number of aromatic nitrogens is 3. The Labute approximate surface area is 190 Å². The molecule has 32 heavy (non-hydrogen) atoms. The third-order valence-corrected chi connectivity index (χ3v) is 10.9. The fourth-order valence-corrected chi connectivity index (χ4v) is 9.70. The van der Waals surface area contributed by atoms with Crippen molar-refractivity contribution in [2.24, 2.45) is 0 Å². The highest BCUT2D eigenvalue weighted by Gasteiger charge is 2.59. The van der Waals surface area contributed by atoms with Crippen LogP contribution in [0.1, 0.15) is 16.8 Å². The van der Waals surface area contributed by atoms with E-state index >= 15 is 0 Å². The van der Waals surface area contributed by atoms with E-state index in [1.54, 1.807) is 0 Å². The molecular formula is C27H27BN3P. The first-order chi connectivity index (χ1) is 15.5. The van der Waals surface area contributed by atoms with Gasteiger partial charge in [-0.15, -0.1) is 12.6 Å². The molecule has 0 N–H and O–H groups in total. The number of nitrogens with zero attached hydrogens (tertiary/aromatic N) is 3. The molecule has 5 heteroatoms. The van der Waals surface area contributed by atoms with E-state index in [1.807, 2.05) is 36.8 Å². The number of hydrogen-bond acceptors (Lipinski definition) is 3. The number of aryl methyl sites for hydroxylation is 1. The highest BCUT2D eigenvalue weighted by molar-refractivity contribution is 8.14. The van der Waals surface area contributed by atoms with Crippen LogP contribution in [0.5, 0.6) is 0 Å². The van der Waals surface area contributed by atoms with E-state index in [4.69, 9.17) is 15.0 Å². The average Bonchev–Trinajstić information content (AvgIpc) is 3.09. The molecule has 3 nitrogen and oxygen atoms in total. The number of benzene rings is 1. The number of hydrogen-bond donors (Lipinski definition) is 0. The van der Waals surface area contributed by atoms with Crippen molar-refractivity contribution in [3.8, 4) is 0 Å². The molecule has 4 aromatic rings. The maximum absolute atomic E-state index is 4.98. The van der Waals surface area contributed by atoms with Crippen molar-refractivity contribution in [1.29, 1.82) is 0 Å². The van der Waals surface area contributed by atoms with Crippen LogP contribution in [-0.4, -0.2) is 40.3 Å². The first-order valence-corrected chi connectivity index (χ1v) is 14.0. The Hall–Kier alpha value is -3.10. The lowest BCUT2D eigenvalue weighted by molar-refractivity contribution is 1.28. The van der Waals surface area contributed by atoms with E-state index in [2.05, 4.69) is 80.9 Å². The molecule has 3 aromatic heterocycles. The first-order valence-electron chi connectivity index (χ1n) is 11.1. The van der Waals surface area contributed by atoms with E-state index in [0.29, 0.717) is 0 Å². The molecule has 158 valence electrons. The van der Waals surface area contributed by atoms with Gasteiger partial charge in [0.15, 0.2) is 0 Å². The zero-order chi connectivity index (χ0) is 22.2. The van der Waals surface area contributed by atoms with Crippen LogP contribution in [0.4, 0.5) is 0 Å². The Balaban J connectivity index is 1.93. The van der Waals surface area contributed by atoms with E-state index in [9.17, 15) is 0 Å². The molecule has 4 heterocycles. The summed E-state index contributed by atoms with van der Waals surface area (Å²) < 4.78 is 0. The summed E-state index contributed by atoms with van der Waals surface area (Å²) >= 11 is 0. The molecule has 0 fully saturated rings. The van der Waals surface area contributed by atoms with E-state index in [-0.39, 0.29) is 0 Å². The van der Waals surface area contributed by atoms with E-state index in [0.717, 1.165) is 23.0 Å². The van der Waals surface area contributed by atoms with Gasteiger partial charge in [-0.25, -0.2) is 0 Å². The van der Waals surface area contributed by atoms with Gasteiger partial charge in [-0.3, -0.25) is 15.0 Å². The minimum absolute atomic E-state index is 1.03. The normalized spacial score (nSPS) is 16.8. The molecule has 0 bridgehead atoms. The quantitative estimate of drug-likeness (QED) is 0.345. The number of pyridine rings is 3. The van der Waals surface area contributed by atoms with Crippen molar-refractivity contribution >= 4 is 35.2 Å². The monoisotopic (exact) mass is 435 g/mol. The highest BCUT2D eigenvalue weighted by Crippen LogP contribution is 2.70. The number of rotatable bonds is 4. The lowest BCUT2D eigenvalue weighted by Gasteiger charge is -2.43. The Morgan fingerprint density at radius 2 is 1.25 bits per heavy atom. The van der Waals surface area contributed by atoms with Gasteiger partial charge in [0.1, 0.15) is 0 Å². The van der Waals surface area contributed by atoms with Gasteiger partial charge < -0.3 is 0 Å². The predicted molar refractivity (Wildman–Crippen MR) is 139 cm³/mol. The molecule has 1 aromatic carbocycles. The smallest absolute Gasteiger partial charge is 0.282 e. The maximum Gasteiger partial charge on any atom is 0.282 e. The lowest BCUT2D eigenvalue weighted by atomic mass is 9.35. The van der Waals surface area contributed by atoms with Gasteiger partial charge in [-0.05, 0) is 42.3 Å². The van der Waals surface area contributed by atoms with Gasteiger partial charge in [-0.2, -0.15) is 0 Å². The molecule has 0 spiro atoms. The standard InChI is InChI=1S/C27H27BN3P/c1-21-13-15-22(16-14-21)23-20-32(2,3)28(25-11-5-8-18-30-25,26-12-6-9-19-31-26)27(23)24-10-4-7-17-29-24/h4-19H,20H2,1-3H3. The van der Waals surface area contributed by atoms with Gasteiger partial charge in [-0.1, -0.05) is 71.3 Å². The summed E-state index contributed by atoms with van der Waals surface area (Å²) in [6, 6.07) is 27.7. The van der Waals surface area contributed by atoms with Gasteiger partial charge in [0.05, 0.1) is 0 Å². The number of allylic oxidation sites excluding steroid dienone is 1. The van der Waals surface area contributed by atoms with Crippen LogP contribution in [-0.2, 0) is 0 Å². The van der Waals surface area contributed by atoms with Gasteiger partial charge >= 0.3 is 0 Å². The Morgan fingerprint density at radius 1 is 0.688 bits per heavy atom. The summed E-state index contributed by atoms with van der Waals surface area (Å²) in [5, 5.41) is 0. The van der Waals surface area contributed by atoms with Crippen LogP contribution < -0.4 is 11.2 Å². The molecular weight excluding hydrogens is 408 g/mol. The fraction of sp³-hybridized carbons (Fsp3) is 0.148. The van der Waals surface area contributed by atoms with Crippen LogP contribution in [0.2, 0.25) is 0 Å². The molecule has 0 radical (unpaired) electrons. The topological polar surface area (TPSA) is 38.7 Å². The lowest BCUT2D eigenvalue weighted by Crippen LogP contribution is -2.61. The summed E-state index contributed by atoms with van der Waals surface area (Å²) in [5.74, 6) is -1.38. The highest BCUT2D eigenvalue weighted by atomic mass is 31.2. The fourth-order valence-electron chi connectivity index (χ4n) is 5.53. The van der Waals surface area contributed by atoms with Gasteiger partial charge in [0.25, 0.3) is 5.87 Å². The van der Waals surface area contributed by atoms with Crippen LogP contribution in [0.25, 0.3) is 11.0 Å². The van der Waals surface area contributed by atoms with E-state index < -0.39 is 13.0 Å². The van der Waals surface area contributed by atoms with Gasteiger partial charge in [0, 0.05) is 43.8 Å². The Kier molecular flexibility index (Phi) is 5.27. The summed E-state index contributed by atoms with van der Waals surface area (Å²) in [6.07, 6.45) is 6.77. The van der Waals surface area contributed by atoms with Crippen LogP contribution in [0.15, 0.2) is 97.5 Å². The largest absolute Gasteiger partial charge is 0.298 e. The second-order valence-corrected chi connectivity index (χ2v) is 13.9. The summed E-state index contributed by atoms with van der Waals surface area (Å²) in [5.41, 5.74) is 8.51. The second-order valence-electron chi connectivity index (χ2n) is 9.24. The third kappa shape index (κ3) is 3.22. The minimum atomic E-state index is -1.61. The van der Waals surface area contributed by atoms with Crippen molar-refractivity contribution in [3.05, 3.63) is 114 Å². The minimum Gasteiger partial charge on any atom is -0.298 e. The van der Waals surface area contributed by atoms with Crippen molar-refractivity contribution in [2.75, 3.05) is 19.5 Å². The van der Waals surface area contributed by atoms with E-state index in [1.165, 1.54) is 22.2 Å². The molecule has 0 atom stereocenters. The molecule has 0 unspecified atom stereocenters. The zero-order valence-corrected chi connectivity index (χ0v) is 19.7. The van der Waals surface area contributed by atoms with Crippen LogP contribution in [0.3, 0.4) is 0 Å². The molecule has 0 saturated heterocycles. The summed E-state index contributed by atoms with van der Waals surface area (Å²) in [6.45, 7) is 7.08. The van der Waals surface area contributed by atoms with Crippen molar-refractivity contribution in [2.45, 2.75) is 6.92 Å². The zero-order valence-electron chi connectivity index (χ0n) is 18.8. The Bertz CT molecular complexity index is 1220. The van der Waals surface area contributed by atoms with Crippen molar-refractivity contribution in [3.63, 3.8) is 0 Å². The molecule has 1 aliphatic heterocycles. The molecule has 5 rings (SSSR count). The van der Waals surface area contributed by atoms with Gasteiger partial charge in [0.2, 0.25) is 0 Å². The SMILES string of the molecule is Cc1ccc(C2=C(c3ccccn3)[B-](c3ccccn3)(c3ccccn3)[P+](C)(C)C2)cc1. The van der Waals surface area contributed by atoms with Crippen LogP contribution in [0, 0.1) is 6.92 Å². The maximum atomic E-state index is 4.98. The van der Waals surface area contributed by atoms with Crippen molar-refractivity contribution in [1.82, 2.24) is 15.0 Å². The van der Waals surface area contributed by atoms with Crippen LogP contribution >= 0.6 is 7.14 Å². The third-order valence-electron chi connectivity index (χ3n) is 6.93. The second kappa shape index (κ2) is 8.11. The first kappa shape index (κ1) is 20.8. The van der Waals surface area contributed by atoms with Crippen molar-refractivity contribution < 1.29 is 0 Å². The summed E-state index contributed by atoms with van der Waals surface area (Å²) in [7, 11) is -1.61. The summed E-state index contributed by atoms with van der Waals surface area (Å²) in [4.78, 5) is 14.8. The average molecular weight is 435 g/mol.